The number of halogens is 1. The quantitative estimate of drug-likeness (QED) is 0.736. The zero-order chi connectivity index (χ0) is 17.8. The lowest BCUT2D eigenvalue weighted by atomic mass is 10.1. The van der Waals surface area contributed by atoms with Crippen LogP contribution in [0.2, 0.25) is 0 Å². The van der Waals surface area contributed by atoms with Crippen LogP contribution in [0, 0.1) is 5.82 Å². The van der Waals surface area contributed by atoms with Gasteiger partial charge in [-0.05, 0) is 43.2 Å². The average molecular weight is 368 g/mol. The maximum atomic E-state index is 13.9. The first-order valence-corrected chi connectivity index (χ1v) is 9.71. The highest BCUT2D eigenvalue weighted by molar-refractivity contribution is 7.15. The summed E-state index contributed by atoms with van der Waals surface area (Å²) < 4.78 is 13.9. The normalized spacial score (nSPS) is 17.4. The molecule has 26 heavy (non-hydrogen) atoms. The van der Waals surface area contributed by atoms with Gasteiger partial charge < -0.3 is 10.2 Å². The van der Waals surface area contributed by atoms with E-state index in [9.17, 15) is 4.39 Å². The second-order valence-corrected chi connectivity index (χ2v) is 7.66. The number of nitrogens with one attached hydrogen (secondary N) is 1. The van der Waals surface area contributed by atoms with Gasteiger partial charge in [-0.1, -0.05) is 18.2 Å². The lowest BCUT2D eigenvalue weighted by Crippen LogP contribution is -2.45. The van der Waals surface area contributed by atoms with Gasteiger partial charge in [0, 0.05) is 47.2 Å². The Morgan fingerprint density at radius 2 is 2.08 bits per heavy atom. The summed E-state index contributed by atoms with van der Waals surface area (Å²) in [5.41, 5.74) is 0.676. The minimum atomic E-state index is -0.166. The van der Waals surface area contributed by atoms with E-state index >= 15 is 0 Å². The van der Waals surface area contributed by atoms with E-state index < -0.39 is 0 Å². The molecule has 0 saturated carbocycles. The summed E-state index contributed by atoms with van der Waals surface area (Å²) >= 11 is 1.65. The third-order valence-corrected chi connectivity index (χ3v) is 5.79. The van der Waals surface area contributed by atoms with Crippen molar-refractivity contribution in [2.75, 3.05) is 18.0 Å². The molecular weight excluding hydrogens is 347 g/mol. The summed E-state index contributed by atoms with van der Waals surface area (Å²) in [5, 5.41) is 11.8. The van der Waals surface area contributed by atoms with Crippen molar-refractivity contribution in [3.05, 3.63) is 65.4 Å². The van der Waals surface area contributed by atoms with Gasteiger partial charge in [-0.3, -0.25) is 0 Å². The van der Waals surface area contributed by atoms with E-state index in [4.69, 9.17) is 0 Å². The van der Waals surface area contributed by atoms with Gasteiger partial charge in [0.05, 0.1) is 0 Å². The number of piperidine rings is 1. The summed E-state index contributed by atoms with van der Waals surface area (Å²) in [5.74, 6) is 0.776. The van der Waals surface area contributed by atoms with Crippen molar-refractivity contribution in [2.24, 2.45) is 0 Å². The molecule has 0 radical (unpaired) electrons. The van der Waals surface area contributed by atoms with Crippen LogP contribution < -0.4 is 10.2 Å². The standard InChI is InChI=1S/C20H21FN4S/c21-18-7-2-1-6-17(18)19-10-9-16(26-19)13-22-15-5-4-12-25(14-15)20-8-3-11-23-24-20/h1-3,6-11,15,22H,4-5,12-14H2. The molecule has 6 heteroatoms. The van der Waals surface area contributed by atoms with Gasteiger partial charge in [0.15, 0.2) is 5.82 Å². The van der Waals surface area contributed by atoms with E-state index in [1.165, 1.54) is 10.9 Å². The van der Waals surface area contributed by atoms with Crippen LogP contribution in [0.1, 0.15) is 17.7 Å². The van der Waals surface area contributed by atoms with Crippen molar-refractivity contribution in [1.29, 1.82) is 0 Å². The lowest BCUT2D eigenvalue weighted by Gasteiger charge is -2.33. The van der Waals surface area contributed by atoms with Crippen LogP contribution in [0.15, 0.2) is 54.7 Å². The van der Waals surface area contributed by atoms with Crippen molar-refractivity contribution >= 4 is 17.2 Å². The number of thiophene rings is 1. The first-order valence-electron chi connectivity index (χ1n) is 8.89. The van der Waals surface area contributed by atoms with Gasteiger partial charge in [-0.25, -0.2) is 4.39 Å². The van der Waals surface area contributed by atoms with Crippen molar-refractivity contribution in [3.8, 4) is 10.4 Å². The minimum absolute atomic E-state index is 0.166. The molecule has 3 aromatic rings. The van der Waals surface area contributed by atoms with E-state index in [0.717, 1.165) is 43.2 Å². The molecule has 1 aromatic carbocycles. The van der Waals surface area contributed by atoms with E-state index in [0.29, 0.717) is 11.6 Å². The number of anilines is 1. The Hall–Kier alpha value is -2.31. The Morgan fingerprint density at radius 3 is 2.92 bits per heavy atom. The fraction of sp³-hybridized carbons (Fsp3) is 0.300. The molecule has 1 unspecified atom stereocenters. The van der Waals surface area contributed by atoms with E-state index in [-0.39, 0.29) is 5.82 Å². The number of hydrogen-bond acceptors (Lipinski definition) is 5. The van der Waals surface area contributed by atoms with Crippen LogP contribution in [0.4, 0.5) is 10.2 Å². The first kappa shape index (κ1) is 17.1. The van der Waals surface area contributed by atoms with Crippen LogP contribution in [0.25, 0.3) is 10.4 Å². The molecular formula is C20H21FN4S. The van der Waals surface area contributed by atoms with Crippen LogP contribution in [0.5, 0.6) is 0 Å². The second-order valence-electron chi connectivity index (χ2n) is 6.49. The molecule has 1 atom stereocenters. The zero-order valence-electron chi connectivity index (χ0n) is 14.4. The Balaban J connectivity index is 1.36. The summed E-state index contributed by atoms with van der Waals surface area (Å²) in [6, 6.07) is 15.4. The second kappa shape index (κ2) is 7.93. The molecule has 3 heterocycles. The molecule has 0 amide bonds. The third-order valence-electron chi connectivity index (χ3n) is 4.67. The van der Waals surface area contributed by atoms with Crippen LogP contribution >= 0.6 is 11.3 Å². The Labute approximate surface area is 156 Å². The highest BCUT2D eigenvalue weighted by atomic mass is 32.1. The lowest BCUT2D eigenvalue weighted by molar-refractivity contribution is 0.421. The molecule has 134 valence electrons. The van der Waals surface area contributed by atoms with Crippen molar-refractivity contribution < 1.29 is 4.39 Å². The van der Waals surface area contributed by atoms with Crippen molar-refractivity contribution in [3.63, 3.8) is 0 Å². The summed E-state index contributed by atoms with van der Waals surface area (Å²) in [6.45, 7) is 2.76. The van der Waals surface area contributed by atoms with Gasteiger partial charge in [-0.15, -0.1) is 16.4 Å². The molecule has 4 rings (SSSR count). The summed E-state index contributed by atoms with van der Waals surface area (Å²) in [4.78, 5) is 4.48. The third kappa shape index (κ3) is 3.92. The maximum Gasteiger partial charge on any atom is 0.151 e. The summed E-state index contributed by atoms with van der Waals surface area (Å²) in [6.07, 6.45) is 3.99. The van der Waals surface area contributed by atoms with Crippen molar-refractivity contribution in [1.82, 2.24) is 15.5 Å². The first-order chi connectivity index (χ1) is 12.8. The van der Waals surface area contributed by atoms with E-state index in [1.54, 1.807) is 23.6 Å². The SMILES string of the molecule is Fc1ccccc1-c1ccc(CNC2CCCN(c3cccnn3)C2)s1. The molecule has 1 saturated heterocycles. The van der Waals surface area contributed by atoms with E-state index in [1.807, 2.05) is 30.3 Å². The monoisotopic (exact) mass is 368 g/mol. The molecule has 1 fully saturated rings. The predicted octanol–water partition coefficient (Wildman–Crippen LogP) is 4.10. The number of rotatable bonds is 5. The maximum absolute atomic E-state index is 13.9. The Morgan fingerprint density at radius 1 is 1.15 bits per heavy atom. The van der Waals surface area contributed by atoms with Gasteiger partial charge in [0.25, 0.3) is 0 Å². The fourth-order valence-corrected chi connectivity index (χ4v) is 4.32. The van der Waals surface area contributed by atoms with Gasteiger partial charge in [-0.2, -0.15) is 5.10 Å². The molecule has 2 aromatic heterocycles. The average Bonchev–Trinajstić information content (AvgIpc) is 3.16. The molecule has 1 aliphatic heterocycles. The Bertz CT molecular complexity index is 852. The zero-order valence-corrected chi connectivity index (χ0v) is 15.3. The molecule has 0 spiro atoms. The minimum Gasteiger partial charge on any atom is -0.354 e. The smallest absolute Gasteiger partial charge is 0.151 e. The van der Waals surface area contributed by atoms with Gasteiger partial charge in [0.2, 0.25) is 0 Å². The predicted molar refractivity (Wildman–Crippen MR) is 104 cm³/mol. The summed E-state index contributed by atoms with van der Waals surface area (Å²) in [7, 11) is 0. The van der Waals surface area contributed by atoms with Crippen molar-refractivity contribution in [2.45, 2.75) is 25.4 Å². The van der Waals surface area contributed by atoms with Gasteiger partial charge in [0.1, 0.15) is 5.82 Å². The highest BCUT2D eigenvalue weighted by Crippen LogP contribution is 2.30. The van der Waals surface area contributed by atoms with Crippen LogP contribution in [-0.2, 0) is 6.54 Å². The van der Waals surface area contributed by atoms with Crippen LogP contribution in [0.3, 0.4) is 0 Å². The molecule has 0 aliphatic carbocycles. The number of nitrogens with zero attached hydrogens (tertiary/aromatic N) is 3. The molecule has 0 bridgehead atoms. The largest absolute Gasteiger partial charge is 0.354 e. The topological polar surface area (TPSA) is 41.0 Å². The molecule has 1 N–H and O–H groups in total. The fourth-order valence-electron chi connectivity index (χ4n) is 3.34. The van der Waals surface area contributed by atoms with Crippen LogP contribution in [-0.4, -0.2) is 29.3 Å². The van der Waals surface area contributed by atoms with E-state index in [2.05, 4.69) is 26.5 Å². The van der Waals surface area contributed by atoms with Gasteiger partial charge >= 0.3 is 0 Å². The number of benzene rings is 1. The highest BCUT2D eigenvalue weighted by Gasteiger charge is 2.20. The number of hydrogen-bond donors (Lipinski definition) is 1. The molecule has 4 nitrogen and oxygen atoms in total. The molecule has 1 aliphatic rings. The number of aromatic nitrogens is 2. The Kier molecular flexibility index (Phi) is 5.22.